The molecule has 1 aromatic carbocycles. The first-order valence-corrected chi connectivity index (χ1v) is 9.94. The number of ether oxygens (including phenoxy) is 1. The van der Waals surface area contributed by atoms with Crippen molar-refractivity contribution < 1.29 is 19.4 Å². The van der Waals surface area contributed by atoms with E-state index in [1.165, 1.54) is 12.3 Å². The number of pyridine rings is 1. The highest BCUT2D eigenvalue weighted by atomic mass is 16.5. The number of hydrogen-bond donors (Lipinski definition) is 3. The number of carbonyl (C=O) groups excluding carboxylic acids is 2. The molecule has 1 aliphatic heterocycles. The Morgan fingerprint density at radius 1 is 1.16 bits per heavy atom. The van der Waals surface area contributed by atoms with E-state index in [-0.39, 0.29) is 12.3 Å². The van der Waals surface area contributed by atoms with Crippen molar-refractivity contribution in [1.29, 1.82) is 0 Å². The Bertz CT molecular complexity index is 1150. The smallest absolute Gasteiger partial charge is 0.260 e. The molecule has 0 atom stereocenters. The molecule has 0 unspecified atom stereocenters. The number of fused-ring (bicyclic) bond motifs is 1. The fourth-order valence-corrected chi connectivity index (χ4v) is 3.28. The lowest BCUT2D eigenvalue weighted by Gasteiger charge is -2.19. The van der Waals surface area contributed by atoms with Gasteiger partial charge in [-0.2, -0.15) is 0 Å². The van der Waals surface area contributed by atoms with Crippen LogP contribution >= 0.6 is 0 Å². The highest BCUT2D eigenvalue weighted by Crippen LogP contribution is 2.27. The molecule has 8 nitrogen and oxygen atoms in total. The van der Waals surface area contributed by atoms with Crippen molar-refractivity contribution in [2.45, 2.75) is 19.9 Å². The van der Waals surface area contributed by atoms with Crippen molar-refractivity contribution >= 4 is 17.4 Å². The summed E-state index contributed by atoms with van der Waals surface area (Å²) in [5.74, 6) is -0.560. The van der Waals surface area contributed by atoms with Crippen molar-refractivity contribution in [3.05, 3.63) is 78.0 Å². The van der Waals surface area contributed by atoms with Gasteiger partial charge in [0, 0.05) is 41.5 Å². The van der Waals surface area contributed by atoms with Gasteiger partial charge < -0.3 is 19.7 Å². The molecule has 0 saturated carbocycles. The lowest BCUT2D eigenvalue weighted by molar-refractivity contribution is -0.114. The molecule has 2 aromatic heterocycles. The maximum Gasteiger partial charge on any atom is 0.260 e. The van der Waals surface area contributed by atoms with Crippen LogP contribution in [-0.4, -0.2) is 33.1 Å². The van der Waals surface area contributed by atoms with Crippen LogP contribution < -0.4 is 15.4 Å². The first-order chi connectivity index (χ1) is 15.1. The maximum absolute atomic E-state index is 12.5. The Morgan fingerprint density at radius 2 is 1.97 bits per heavy atom. The van der Waals surface area contributed by atoms with Crippen LogP contribution in [0.25, 0.3) is 11.3 Å². The van der Waals surface area contributed by atoms with Crippen molar-refractivity contribution in [2.24, 2.45) is 0 Å². The molecule has 31 heavy (non-hydrogen) atoms. The lowest BCUT2D eigenvalue weighted by Crippen LogP contribution is -2.37. The van der Waals surface area contributed by atoms with Gasteiger partial charge in [0.05, 0.1) is 30.6 Å². The van der Waals surface area contributed by atoms with Crippen molar-refractivity contribution in [1.82, 2.24) is 20.2 Å². The van der Waals surface area contributed by atoms with Gasteiger partial charge in [-0.1, -0.05) is 6.92 Å². The van der Waals surface area contributed by atoms with E-state index >= 15 is 0 Å². The predicted molar refractivity (Wildman–Crippen MR) is 115 cm³/mol. The minimum absolute atomic E-state index is 0.00983. The molecule has 0 fully saturated rings. The molecule has 1 aliphatic rings. The van der Waals surface area contributed by atoms with Gasteiger partial charge >= 0.3 is 0 Å². The molecule has 158 valence electrons. The van der Waals surface area contributed by atoms with Gasteiger partial charge in [0.2, 0.25) is 0 Å². The molecule has 0 radical (unpaired) electrons. The number of nitrogens with zero attached hydrogens (tertiary/aromatic N) is 2. The first-order valence-electron chi connectivity index (χ1n) is 9.94. The van der Waals surface area contributed by atoms with Crippen LogP contribution in [-0.2, 0) is 11.3 Å². The molecule has 0 aliphatic carbocycles. The van der Waals surface area contributed by atoms with E-state index in [0.717, 1.165) is 12.1 Å². The Hall–Kier alpha value is -4.07. The summed E-state index contributed by atoms with van der Waals surface area (Å²) < 4.78 is 7.31. The van der Waals surface area contributed by atoms with Crippen molar-refractivity contribution in [2.75, 3.05) is 6.61 Å². The second-order valence-corrected chi connectivity index (χ2v) is 7.03. The minimum Gasteiger partial charge on any atom is -0.504 e. The predicted octanol–water partition coefficient (Wildman–Crippen LogP) is 2.77. The monoisotopic (exact) mass is 418 g/mol. The number of imide groups is 1. The summed E-state index contributed by atoms with van der Waals surface area (Å²) in [6.45, 7) is 2.75. The molecule has 8 heteroatoms. The number of benzene rings is 1. The van der Waals surface area contributed by atoms with E-state index in [1.54, 1.807) is 12.3 Å². The van der Waals surface area contributed by atoms with Crippen LogP contribution in [0, 0.1) is 0 Å². The molecule has 0 bridgehead atoms. The van der Waals surface area contributed by atoms with Crippen LogP contribution in [0.4, 0.5) is 0 Å². The average Bonchev–Trinajstić information content (AvgIpc) is 3.30. The van der Waals surface area contributed by atoms with E-state index in [9.17, 15) is 14.7 Å². The van der Waals surface area contributed by atoms with Crippen molar-refractivity contribution in [3.63, 3.8) is 0 Å². The van der Waals surface area contributed by atoms with E-state index < -0.39 is 11.8 Å². The number of aromatic nitrogens is 2. The van der Waals surface area contributed by atoms with E-state index in [1.807, 2.05) is 48.1 Å². The van der Waals surface area contributed by atoms with Gasteiger partial charge in [0.15, 0.2) is 11.5 Å². The zero-order valence-corrected chi connectivity index (χ0v) is 17.0. The quantitative estimate of drug-likeness (QED) is 0.403. The third-order valence-electron chi connectivity index (χ3n) is 4.81. The summed E-state index contributed by atoms with van der Waals surface area (Å²) in [7, 11) is 0. The zero-order chi connectivity index (χ0) is 21.8. The normalized spacial score (nSPS) is 14.3. The molecule has 0 saturated heterocycles. The summed E-state index contributed by atoms with van der Waals surface area (Å²) in [6.07, 6.45) is 7.63. The Morgan fingerprint density at radius 3 is 2.71 bits per heavy atom. The second-order valence-electron chi connectivity index (χ2n) is 7.03. The van der Waals surface area contributed by atoms with Crippen LogP contribution in [0.1, 0.15) is 35.0 Å². The zero-order valence-electron chi connectivity index (χ0n) is 17.0. The summed E-state index contributed by atoms with van der Waals surface area (Å²) in [4.78, 5) is 29.0. The van der Waals surface area contributed by atoms with Gasteiger partial charge in [-0.05, 0) is 36.8 Å². The molecule has 3 heterocycles. The highest BCUT2D eigenvalue weighted by molar-refractivity contribution is 6.31. The Balaban J connectivity index is 1.56. The highest BCUT2D eigenvalue weighted by Gasteiger charge is 2.27. The number of rotatable bonds is 7. The van der Waals surface area contributed by atoms with Crippen molar-refractivity contribution in [3.8, 4) is 17.2 Å². The third-order valence-corrected chi connectivity index (χ3v) is 4.81. The summed E-state index contributed by atoms with van der Waals surface area (Å²) >= 11 is 0. The molecular weight excluding hydrogens is 396 g/mol. The van der Waals surface area contributed by atoms with Gasteiger partial charge in [0.1, 0.15) is 0 Å². The van der Waals surface area contributed by atoms with E-state index in [2.05, 4.69) is 15.6 Å². The van der Waals surface area contributed by atoms with Crippen LogP contribution in [0.3, 0.4) is 0 Å². The van der Waals surface area contributed by atoms with Gasteiger partial charge in [-0.25, -0.2) is 0 Å². The van der Waals surface area contributed by atoms with E-state index in [4.69, 9.17) is 4.74 Å². The maximum atomic E-state index is 12.5. The Kier molecular flexibility index (Phi) is 5.70. The summed E-state index contributed by atoms with van der Waals surface area (Å²) in [6, 6.07) is 10.7. The Labute approximate surface area is 179 Å². The fourth-order valence-electron chi connectivity index (χ4n) is 3.28. The third kappa shape index (κ3) is 4.28. The van der Waals surface area contributed by atoms with Crippen LogP contribution in [0.5, 0.6) is 11.5 Å². The van der Waals surface area contributed by atoms with Gasteiger partial charge in [-0.3, -0.25) is 19.9 Å². The number of aromatic hydroxyl groups is 1. The SMILES string of the molecule is CCCOc1cnc(CNC=C2C(=O)NC(=O)c3ccc(-n4cccc4)cc32)cc1O. The van der Waals surface area contributed by atoms with Crippen LogP contribution in [0.2, 0.25) is 0 Å². The standard InChI is InChI=1S/C23H22N4O4/c1-2-9-31-21-14-25-15(10-20(21)28)12-24-13-19-18-11-16(27-7-3-4-8-27)5-6-17(18)22(29)26-23(19)30/h3-8,10-11,13-14,24H,2,9,12H2,1H3,(H,25,28)(H,26,29,30). The van der Waals surface area contributed by atoms with Gasteiger partial charge in [0.25, 0.3) is 11.8 Å². The number of carbonyl (C=O) groups is 2. The molecule has 4 rings (SSSR count). The molecular formula is C23H22N4O4. The largest absolute Gasteiger partial charge is 0.504 e. The first kappa shape index (κ1) is 20.2. The molecule has 3 N–H and O–H groups in total. The van der Waals surface area contributed by atoms with E-state index in [0.29, 0.717) is 34.8 Å². The average molecular weight is 418 g/mol. The molecule has 0 spiro atoms. The topological polar surface area (TPSA) is 105 Å². The second kappa shape index (κ2) is 8.74. The summed E-state index contributed by atoms with van der Waals surface area (Å²) in [5.41, 5.74) is 2.73. The molecule has 2 amide bonds. The molecule has 3 aromatic rings. The van der Waals surface area contributed by atoms with Gasteiger partial charge in [-0.15, -0.1) is 0 Å². The summed E-state index contributed by atoms with van der Waals surface area (Å²) in [5, 5.41) is 15.5. The number of nitrogens with one attached hydrogen (secondary N) is 2. The number of hydrogen-bond acceptors (Lipinski definition) is 6. The van der Waals surface area contributed by atoms with Crippen LogP contribution in [0.15, 0.2) is 61.2 Å². The minimum atomic E-state index is -0.478. The fraction of sp³-hybridized carbons (Fsp3) is 0.174. The number of amides is 2. The lowest BCUT2D eigenvalue weighted by atomic mass is 9.95.